The molecule has 0 atom stereocenters. The van der Waals surface area contributed by atoms with Gasteiger partial charge in [-0.25, -0.2) is 4.79 Å². The molecule has 0 unspecified atom stereocenters. The zero-order valence-corrected chi connectivity index (χ0v) is 12.5. The molecule has 0 saturated heterocycles. The summed E-state index contributed by atoms with van der Waals surface area (Å²) in [6.45, 7) is 3.91. The molecule has 0 spiro atoms. The smallest absolute Gasteiger partial charge is 0.343 e. The second-order valence-corrected chi connectivity index (χ2v) is 4.53. The van der Waals surface area contributed by atoms with Gasteiger partial charge < -0.3 is 14.0 Å². The molecule has 6 nitrogen and oxygen atoms in total. The fourth-order valence-electron chi connectivity index (χ4n) is 1.91. The van der Waals surface area contributed by atoms with Gasteiger partial charge in [-0.1, -0.05) is 12.1 Å². The summed E-state index contributed by atoms with van der Waals surface area (Å²) in [5.74, 6) is 0.611. The van der Waals surface area contributed by atoms with Gasteiger partial charge in [0.25, 0.3) is 0 Å². The number of nitrogens with zero attached hydrogens (tertiary/aromatic N) is 2. The summed E-state index contributed by atoms with van der Waals surface area (Å²) in [5.41, 5.74) is 1.55. The molecule has 0 saturated carbocycles. The Bertz CT molecular complexity index is 683. The van der Waals surface area contributed by atoms with E-state index in [1.165, 1.54) is 0 Å². The lowest BCUT2D eigenvalue weighted by atomic mass is 10.1. The molecule has 6 heteroatoms. The van der Waals surface area contributed by atoms with Crippen LogP contribution in [0.15, 0.2) is 28.8 Å². The zero-order chi connectivity index (χ0) is 15.9. The SMILES string of the molecule is CCc1noc(C)c1C(=O)OCCOc1ccc(C#N)cc1. The summed E-state index contributed by atoms with van der Waals surface area (Å²) in [5, 5.41) is 12.5. The number of carbonyl (C=O) groups is 1. The minimum atomic E-state index is -0.459. The van der Waals surface area contributed by atoms with Crippen LogP contribution < -0.4 is 4.74 Å². The molecule has 114 valence electrons. The Kier molecular flexibility index (Phi) is 5.15. The van der Waals surface area contributed by atoms with E-state index in [0.29, 0.717) is 34.8 Å². The third-order valence-electron chi connectivity index (χ3n) is 3.04. The first-order valence-electron chi connectivity index (χ1n) is 6.91. The van der Waals surface area contributed by atoms with Crippen molar-refractivity contribution in [1.29, 1.82) is 5.26 Å². The molecular weight excluding hydrogens is 284 g/mol. The Labute approximate surface area is 128 Å². The molecule has 0 radical (unpaired) electrons. The maximum atomic E-state index is 12.0. The van der Waals surface area contributed by atoms with Crippen molar-refractivity contribution in [3.8, 4) is 11.8 Å². The van der Waals surface area contributed by atoms with Crippen molar-refractivity contribution in [1.82, 2.24) is 5.16 Å². The average molecular weight is 300 g/mol. The number of esters is 1. The van der Waals surface area contributed by atoms with Crippen molar-refractivity contribution in [3.05, 3.63) is 46.8 Å². The maximum absolute atomic E-state index is 12.0. The van der Waals surface area contributed by atoms with Crippen LogP contribution in [0.4, 0.5) is 0 Å². The van der Waals surface area contributed by atoms with Gasteiger partial charge in [0.2, 0.25) is 0 Å². The van der Waals surface area contributed by atoms with E-state index in [1.807, 2.05) is 13.0 Å². The van der Waals surface area contributed by atoms with Crippen LogP contribution in [0.2, 0.25) is 0 Å². The van der Waals surface area contributed by atoms with Gasteiger partial charge in [-0.3, -0.25) is 0 Å². The minimum Gasteiger partial charge on any atom is -0.490 e. The van der Waals surface area contributed by atoms with E-state index in [4.69, 9.17) is 19.3 Å². The van der Waals surface area contributed by atoms with Crippen LogP contribution in [-0.4, -0.2) is 24.3 Å². The number of nitriles is 1. The number of hydrogen-bond donors (Lipinski definition) is 0. The first-order chi connectivity index (χ1) is 10.7. The monoisotopic (exact) mass is 300 g/mol. The third-order valence-corrected chi connectivity index (χ3v) is 3.04. The van der Waals surface area contributed by atoms with E-state index < -0.39 is 5.97 Å². The van der Waals surface area contributed by atoms with Crippen LogP contribution in [0.1, 0.15) is 34.3 Å². The first kappa shape index (κ1) is 15.6. The summed E-state index contributed by atoms with van der Waals surface area (Å²) in [6.07, 6.45) is 0.601. The summed E-state index contributed by atoms with van der Waals surface area (Å²) in [6, 6.07) is 8.74. The van der Waals surface area contributed by atoms with Crippen LogP contribution in [0.25, 0.3) is 0 Å². The van der Waals surface area contributed by atoms with E-state index in [1.54, 1.807) is 31.2 Å². The van der Waals surface area contributed by atoms with Crippen molar-refractivity contribution in [2.24, 2.45) is 0 Å². The standard InChI is InChI=1S/C16H16N2O4/c1-3-14-15(11(2)22-18-14)16(19)21-9-8-20-13-6-4-12(10-17)5-7-13/h4-7H,3,8-9H2,1-2H3. The van der Waals surface area contributed by atoms with Crippen LogP contribution in [-0.2, 0) is 11.2 Å². The topological polar surface area (TPSA) is 85.3 Å². The van der Waals surface area contributed by atoms with Crippen molar-refractivity contribution in [2.45, 2.75) is 20.3 Å². The molecule has 0 fully saturated rings. The predicted molar refractivity (Wildman–Crippen MR) is 77.6 cm³/mol. The molecule has 2 rings (SSSR count). The second kappa shape index (κ2) is 7.27. The molecule has 0 bridgehead atoms. The Morgan fingerprint density at radius 1 is 1.32 bits per heavy atom. The number of rotatable bonds is 6. The molecule has 0 aliphatic carbocycles. The number of hydrogen-bond acceptors (Lipinski definition) is 6. The van der Waals surface area contributed by atoms with E-state index in [-0.39, 0.29) is 13.2 Å². The third kappa shape index (κ3) is 3.64. The fraction of sp³-hybridized carbons (Fsp3) is 0.312. The summed E-state index contributed by atoms with van der Waals surface area (Å²) >= 11 is 0. The summed E-state index contributed by atoms with van der Waals surface area (Å²) in [7, 11) is 0. The van der Waals surface area contributed by atoms with Crippen molar-refractivity contribution >= 4 is 5.97 Å². The number of benzene rings is 1. The summed E-state index contributed by atoms with van der Waals surface area (Å²) < 4.78 is 15.6. The maximum Gasteiger partial charge on any atom is 0.343 e. The van der Waals surface area contributed by atoms with Gasteiger partial charge in [0, 0.05) is 0 Å². The minimum absolute atomic E-state index is 0.118. The lowest BCUT2D eigenvalue weighted by molar-refractivity contribution is 0.0447. The highest BCUT2D eigenvalue weighted by molar-refractivity contribution is 5.91. The Morgan fingerprint density at radius 2 is 2.05 bits per heavy atom. The molecule has 0 amide bonds. The van der Waals surface area contributed by atoms with Gasteiger partial charge in [-0.15, -0.1) is 0 Å². The average Bonchev–Trinajstić information content (AvgIpc) is 2.92. The lowest BCUT2D eigenvalue weighted by Crippen LogP contribution is -2.14. The molecular formula is C16H16N2O4. The molecule has 22 heavy (non-hydrogen) atoms. The van der Waals surface area contributed by atoms with Crippen LogP contribution in [0.5, 0.6) is 5.75 Å². The van der Waals surface area contributed by atoms with Crippen LogP contribution in [0, 0.1) is 18.3 Å². The molecule has 0 aliphatic heterocycles. The van der Waals surface area contributed by atoms with Crippen molar-refractivity contribution in [2.75, 3.05) is 13.2 Å². The highest BCUT2D eigenvalue weighted by atomic mass is 16.6. The Hall–Kier alpha value is -2.81. The number of aromatic nitrogens is 1. The number of ether oxygens (including phenoxy) is 2. The van der Waals surface area contributed by atoms with Crippen LogP contribution in [0.3, 0.4) is 0 Å². The predicted octanol–water partition coefficient (Wildman–Crippen LogP) is 2.65. The van der Waals surface area contributed by atoms with Crippen molar-refractivity contribution in [3.63, 3.8) is 0 Å². The fourth-order valence-corrected chi connectivity index (χ4v) is 1.91. The largest absolute Gasteiger partial charge is 0.490 e. The first-order valence-corrected chi connectivity index (χ1v) is 6.91. The van der Waals surface area contributed by atoms with Gasteiger partial charge in [-0.2, -0.15) is 5.26 Å². The van der Waals surface area contributed by atoms with Gasteiger partial charge >= 0.3 is 5.97 Å². The molecule has 0 aliphatic rings. The van der Waals surface area contributed by atoms with Gasteiger partial charge in [0.1, 0.15) is 30.3 Å². The quantitative estimate of drug-likeness (QED) is 0.602. The molecule has 1 aromatic heterocycles. The van der Waals surface area contributed by atoms with Crippen molar-refractivity contribution < 1.29 is 18.8 Å². The number of carbonyl (C=O) groups excluding carboxylic acids is 1. The molecule has 2 aromatic rings. The highest BCUT2D eigenvalue weighted by Crippen LogP contribution is 2.15. The van der Waals surface area contributed by atoms with Gasteiger partial charge in [-0.05, 0) is 37.6 Å². The van der Waals surface area contributed by atoms with E-state index >= 15 is 0 Å². The highest BCUT2D eigenvalue weighted by Gasteiger charge is 2.20. The lowest BCUT2D eigenvalue weighted by Gasteiger charge is -2.07. The molecule has 0 N–H and O–H groups in total. The zero-order valence-electron chi connectivity index (χ0n) is 12.5. The number of aryl methyl sites for hydroxylation is 2. The van der Waals surface area contributed by atoms with Gasteiger partial charge in [0.15, 0.2) is 0 Å². The Morgan fingerprint density at radius 3 is 2.68 bits per heavy atom. The Balaban J connectivity index is 1.82. The van der Waals surface area contributed by atoms with E-state index in [9.17, 15) is 4.79 Å². The normalized spacial score (nSPS) is 10.0. The van der Waals surface area contributed by atoms with E-state index in [0.717, 1.165) is 0 Å². The molecule has 1 heterocycles. The van der Waals surface area contributed by atoms with E-state index in [2.05, 4.69) is 5.16 Å². The van der Waals surface area contributed by atoms with Crippen LogP contribution >= 0.6 is 0 Å². The molecule has 1 aromatic carbocycles. The second-order valence-electron chi connectivity index (χ2n) is 4.53. The van der Waals surface area contributed by atoms with Gasteiger partial charge in [0.05, 0.1) is 17.3 Å². The summed E-state index contributed by atoms with van der Waals surface area (Å²) in [4.78, 5) is 12.0.